The summed E-state index contributed by atoms with van der Waals surface area (Å²) in [5, 5.41) is 11.7. The monoisotopic (exact) mass is 248 g/mol. The summed E-state index contributed by atoms with van der Waals surface area (Å²) in [4.78, 5) is 0. The largest absolute Gasteiger partial charge is 0.361 e. The highest BCUT2D eigenvalue weighted by atomic mass is 16.5. The van der Waals surface area contributed by atoms with Crippen molar-refractivity contribution in [2.75, 3.05) is 0 Å². The minimum absolute atomic E-state index is 0.306. The van der Waals surface area contributed by atoms with Crippen molar-refractivity contribution in [1.29, 1.82) is 0 Å². The van der Waals surface area contributed by atoms with E-state index in [1.165, 1.54) is 0 Å². The smallest absolute Gasteiger partial charge is 0.138 e. The summed E-state index contributed by atoms with van der Waals surface area (Å²) >= 11 is 0. The maximum Gasteiger partial charge on any atom is 0.138 e. The standard InChI is InChI=1S/C13H20N4O/c1-9(11(3)17-7-5-6-15-17)14-8-13-10(2)16-18-12(13)4/h5-7,9,11,14H,8H2,1-4H3/t9-,11-/m0/s1. The summed E-state index contributed by atoms with van der Waals surface area (Å²) in [6.07, 6.45) is 3.79. The molecule has 2 rings (SSSR count). The second-order valence-electron chi connectivity index (χ2n) is 4.70. The molecule has 2 atom stereocenters. The number of aryl methyl sites for hydroxylation is 2. The molecule has 0 saturated heterocycles. The third-order valence-electron chi connectivity index (χ3n) is 3.45. The molecule has 98 valence electrons. The van der Waals surface area contributed by atoms with Crippen LogP contribution in [-0.4, -0.2) is 21.0 Å². The lowest BCUT2D eigenvalue weighted by molar-refractivity contribution is 0.362. The van der Waals surface area contributed by atoms with Crippen molar-refractivity contribution < 1.29 is 4.52 Å². The van der Waals surface area contributed by atoms with E-state index in [2.05, 4.69) is 29.4 Å². The molecule has 0 spiro atoms. The Kier molecular flexibility index (Phi) is 3.81. The summed E-state index contributed by atoms with van der Waals surface area (Å²) in [7, 11) is 0. The van der Waals surface area contributed by atoms with Crippen LogP contribution in [0.25, 0.3) is 0 Å². The molecule has 2 aromatic heterocycles. The van der Waals surface area contributed by atoms with Gasteiger partial charge in [-0.2, -0.15) is 5.10 Å². The van der Waals surface area contributed by atoms with Gasteiger partial charge in [0.05, 0.1) is 11.7 Å². The number of hydrogen-bond donors (Lipinski definition) is 1. The van der Waals surface area contributed by atoms with Crippen LogP contribution >= 0.6 is 0 Å². The van der Waals surface area contributed by atoms with E-state index in [9.17, 15) is 0 Å². The van der Waals surface area contributed by atoms with Crippen molar-refractivity contribution in [1.82, 2.24) is 20.3 Å². The lowest BCUT2D eigenvalue weighted by atomic mass is 10.1. The summed E-state index contributed by atoms with van der Waals surface area (Å²) in [6, 6.07) is 2.57. The van der Waals surface area contributed by atoms with E-state index < -0.39 is 0 Å². The van der Waals surface area contributed by atoms with Gasteiger partial charge < -0.3 is 9.84 Å². The van der Waals surface area contributed by atoms with Crippen LogP contribution in [0.2, 0.25) is 0 Å². The van der Waals surface area contributed by atoms with Gasteiger partial charge >= 0.3 is 0 Å². The zero-order valence-electron chi connectivity index (χ0n) is 11.3. The maximum absolute atomic E-state index is 5.15. The van der Waals surface area contributed by atoms with E-state index in [1.807, 2.05) is 30.8 Å². The van der Waals surface area contributed by atoms with Crippen molar-refractivity contribution in [2.45, 2.75) is 46.3 Å². The molecule has 0 aliphatic rings. The van der Waals surface area contributed by atoms with Gasteiger partial charge in [-0.1, -0.05) is 5.16 Å². The Hall–Kier alpha value is -1.62. The van der Waals surface area contributed by atoms with Gasteiger partial charge in [0.25, 0.3) is 0 Å². The molecular weight excluding hydrogens is 228 g/mol. The van der Waals surface area contributed by atoms with E-state index in [4.69, 9.17) is 4.52 Å². The van der Waals surface area contributed by atoms with Gasteiger partial charge in [-0.15, -0.1) is 0 Å². The molecule has 5 heteroatoms. The van der Waals surface area contributed by atoms with Gasteiger partial charge in [-0.3, -0.25) is 4.68 Å². The molecule has 18 heavy (non-hydrogen) atoms. The highest BCUT2D eigenvalue weighted by molar-refractivity contribution is 5.20. The Morgan fingerprint density at radius 2 is 2.17 bits per heavy atom. The fourth-order valence-corrected chi connectivity index (χ4v) is 1.94. The second-order valence-corrected chi connectivity index (χ2v) is 4.70. The van der Waals surface area contributed by atoms with Crippen molar-refractivity contribution >= 4 is 0 Å². The van der Waals surface area contributed by atoms with Crippen LogP contribution in [-0.2, 0) is 6.54 Å². The molecule has 0 aliphatic heterocycles. The predicted octanol–water partition coefficient (Wildman–Crippen LogP) is 2.23. The molecule has 2 heterocycles. The SMILES string of the molecule is Cc1noc(C)c1CN[C@@H](C)[C@H](C)n1cccn1. The van der Waals surface area contributed by atoms with Gasteiger partial charge in [-0.25, -0.2) is 0 Å². The van der Waals surface area contributed by atoms with Crippen LogP contribution in [0.3, 0.4) is 0 Å². The summed E-state index contributed by atoms with van der Waals surface area (Å²) in [6.45, 7) is 8.99. The molecule has 1 N–H and O–H groups in total. The number of aromatic nitrogens is 3. The zero-order chi connectivity index (χ0) is 13.1. The molecule has 0 saturated carbocycles. The first-order valence-corrected chi connectivity index (χ1v) is 6.24. The fraction of sp³-hybridized carbons (Fsp3) is 0.538. The first kappa shape index (κ1) is 12.8. The minimum Gasteiger partial charge on any atom is -0.361 e. The molecule has 0 bridgehead atoms. The van der Waals surface area contributed by atoms with E-state index in [0.717, 1.165) is 23.6 Å². The van der Waals surface area contributed by atoms with Crippen LogP contribution < -0.4 is 5.32 Å². The van der Waals surface area contributed by atoms with Crippen molar-refractivity contribution in [3.8, 4) is 0 Å². The topological polar surface area (TPSA) is 55.9 Å². The lowest BCUT2D eigenvalue weighted by Gasteiger charge is -2.21. The predicted molar refractivity (Wildman–Crippen MR) is 69.2 cm³/mol. The summed E-state index contributed by atoms with van der Waals surface area (Å²) < 4.78 is 7.12. The summed E-state index contributed by atoms with van der Waals surface area (Å²) in [5.74, 6) is 0.888. The van der Waals surface area contributed by atoms with Gasteiger partial charge in [0, 0.05) is 30.5 Å². The van der Waals surface area contributed by atoms with Crippen molar-refractivity contribution in [2.24, 2.45) is 0 Å². The third kappa shape index (κ3) is 2.61. The van der Waals surface area contributed by atoms with Crippen LogP contribution in [0.5, 0.6) is 0 Å². The van der Waals surface area contributed by atoms with E-state index in [0.29, 0.717) is 12.1 Å². The average Bonchev–Trinajstić information content (AvgIpc) is 2.97. The van der Waals surface area contributed by atoms with Crippen LogP contribution in [0.15, 0.2) is 23.0 Å². The third-order valence-corrected chi connectivity index (χ3v) is 3.45. The molecule has 0 fully saturated rings. The molecule has 0 amide bonds. The Balaban J connectivity index is 1.94. The molecule has 0 unspecified atom stereocenters. The van der Waals surface area contributed by atoms with Gasteiger partial charge in [0.1, 0.15) is 5.76 Å². The molecular formula is C13H20N4O. The van der Waals surface area contributed by atoms with Crippen LogP contribution in [0.4, 0.5) is 0 Å². The first-order chi connectivity index (χ1) is 8.59. The number of hydrogen-bond acceptors (Lipinski definition) is 4. The molecule has 0 radical (unpaired) electrons. The van der Waals surface area contributed by atoms with E-state index in [1.54, 1.807) is 6.20 Å². The Bertz CT molecular complexity index is 470. The van der Waals surface area contributed by atoms with Crippen LogP contribution in [0, 0.1) is 13.8 Å². The molecule has 5 nitrogen and oxygen atoms in total. The Labute approximate surface area is 107 Å². The molecule has 2 aromatic rings. The highest BCUT2D eigenvalue weighted by Gasteiger charge is 2.15. The van der Waals surface area contributed by atoms with Gasteiger partial charge in [0.2, 0.25) is 0 Å². The first-order valence-electron chi connectivity index (χ1n) is 6.24. The summed E-state index contributed by atoms with van der Waals surface area (Å²) in [5.41, 5.74) is 2.11. The Morgan fingerprint density at radius 1 is 1.39 bits per heavy atom. The number of rotatable bonds is 5. The van der Waals surface area contributed by atoms with E-state index in [-0.39, 0.29) is 0 Å². The second kappa shape index (κ2) is 5.35. The average molecular weight is 248 g/mol. The molecule has 0 aromatic carbocycles. The molecule has 0 aliphatic carbocycles. The van der Waals surface area contributed by atoms with E-state index >= 15 is 0 Å². The van der Waals surface area contributed by atoms with Gasteiger partial charge in [-0.05, 0) is 33.8 Å². The number of nitrogens with zero attached hydrogens (tertiary/aromatic N) is 3. The normalized spacial score (nSPS) is 14.7. The van der Waals surface area contributed by atoms with Crippen LogP contribution in [0.1, 0.15) is 36.9 Å². The lowest BCUT2D eigenvalue weighted by Crippen LogP contribution is -2.33. The fourth-order valence-electron chi connectivity index (χ4n) is 1.94. The zero-order valence-corrected chi connectivity index (χ0v) is 11.3. The van der Waals surface area contributed by atoms with Gasteiger partial charge in [0.15, 0.2) is 0 Å². The minimum atomic E-state index is 0.306. The van der Waals surface area contributed by atoms with Crippen molar-refractivity contribution in [3.63, 3.8) is 0 Å². The van der Waals surface area contributed by atoms with Crippen molar-refractivity contribution in [3.05, 3.63) is 35.5 Å². The Morgan fingerprint density at radius 3 is 2.72 bits per heavy atom. The quantitative estimate of drug-likeness (QED) is 0.881. The highest BCUT2D eigenvalue weighted by Crippen LogP contribution is 2.14. The number of nitrogens with one attached hydrogen (secondary N) is 1. The maximum atomic E-state index is 5.15.